The Morgan fingerprint density at radius 3 is 1.82 bits per heavy atom. The predicted octanol–water partition coefficient (Wildman–Crippen LogP) is 3.21. The van der Waals surface area contributed by atoms with Crippen molar-refractivity contribution in [2.75, 3.05) is 0 Å². The maximum absolute atomic E-state index is 13.0. The SMILES string of the molecule is CCCCn1cc[n+](C)c1/C([O-])=N/c1ccc(Oc2cccc(/N=C(\[O-])c3n(CCCC)cc[n+]3C)c2)cc1. The van der Waals surface area contributed by atoms with E-state index >= 15 is 0 Å². The summed E-state index contributed by atoms with van der Waals surface area (Å²) in [6.07, 6.45) is 11.6. The molecule has 0 aliphatic rings. The van der Waals surface area contributed by atoms with Crippen molar-refractivity contribution in [3.05, 3.63) is 85.0 Å². The Labute approximate surface area is 229 Å². The van der Waals surface area contributed by atoms with Gasteiger partial charge in [0.1, 0.15) is 36.3 Å². The summed E-state index contributed by atoms with van der Waals surface area (Å²) in [6, 6.07) is 14.1. The number of nitrogens with zero attached hydrogens (tertiary/aromatic N) is 6. The Kier molecular flexibility index (Phi) is 9.14. The second-order valence-corrected chi connectivity index (χ2v) is 9.49. The van der Waals surface area contributed by atoms with Crippen LogP contribution in [0.2, 0.25) is 0 Å². The van der Waals surface area contributed by atoms with E-state index in [0.717, 1.165) is 38.8 Å². The van der Waals surface area contributed by atoms with Gasteiger partial charge in [-0.3, -0.25) is 9.98 Å². The lowest BCUT2D eigenvalue weighted by molar-refractivity contribution is -0.674. The Morgan fingerprint density at radius 2 is 1.28 bits per heavy atom. The molecule has 2 aromatic heterocycles. The van der Waals surface area contributed by atoms with Gasteiger partial charge < -0.3 is 14.9 Å². The van der Waals surface area contributed by atoms with E-state index in [2.05, 4.69) is 23.8 Å². The maximum atomic E-state index is 13.0. The number of hydrogen-bond acceptors (Lipinski definition) is 5. The van der Waals surface area contributed by atoms with Crippen LogP contribution in [0.15, 0.2) is 83.3 Å². The molecule has 4 aromatic rings. The standard InChI is InChI=1S/C30H36N6O3/c1-5-7-16-35-20-18-33(3)29(35)27(37)31-23-12-14-25(15-13-23)39-26-11-9-10-24(22-26)32-28(38)30-34(4)19-21-36(30)17-8-6-2/h9-15,18-22H,5-8,16-17H2,1-4H3. The molecule has 0 N–H and O–H groups in total. The van der Waals surface area contributed by atoms with Gasteiger partial charge in [0.15, 0.2) is 0 Å². The van der Waals surface area contributed by atoms with E-state index in [1.54, 1.807) is 57.7 Å². The van der Waals surface area contributed by atoms with Gasteiger partial charge >= 0.3 is 0 Å². The molecule has 0 atom stereocenters. The number of rotatable bonds is 12. The van der Waals surface area contributed by atoms with Crippen LogP contribution in [0.4, 0.5) is 11.4 Å². The number of benzene rings is 2. The van der Waals surface area contributed by atoms with Crippen LogP contribution in [0.25, 0.3) is 0 Å². The van der Waals surface area contributed by atoms with Gasteiger partial charge in [-0.2, -0.15) is 0 Å². The lowest BCUT2D eigenvalue weighted by atomic mass is 10.3. The Bertz CT molecular complexity index is 1450. The van der Waals surface area contributed by atoms with E-state index in [1.165, 1.54) is 0 Å². The summed E-state index contributed by atoms with van der Waals surface area (Å²) in [5.74, 6) is 1.62. The highest BCUT2D eigenvalue weighted by atomic mass is 16.5. The van der Waals surface area contributed by atoms with E-state index in [-0.39, 0.29) is 11.8 Å². The topological polar surface area (TPSA) is 97.7 Å². The van der Waals surface area contributed by atoms with E-state index in [1.807, 2.05) is 48.0 Å². The van der Waals surface area contributed by atoms with Gasteiger partial charge in [0.05, 0.1) is 50.4 Å². The van der Waals surface area contributed by atoms with Gasteiger partial charge in [0.25, 0.3) is 11.6 Å². The Balaban J connectivity index is 1.47. The minimum atomic E-state index is -0.305. The smallest absolute Gasteiger partial charge is 0.292 e. The van der Waals surface area contributed by atoms with Crippen LogP contribution in [-0.2, 0) is 27.2 Å². The van der Waals surface area contributed by atoms with E-state index in [4.69, 9.17) is 4.74 Å². The fourth-order valence-corrected chi connectivity index (χ4v) is 4.29. The van der Waals surface area contributed by atoms with Crippen LogP contribution < -0.4 is 24.1 Å². The first-order valence-electron chi connectivity index (χ1n) is 13.4. The summed E-state index contributed by atoms with van der Waals surface area (Å²) < 4.78 is 13.5. The summed E-state index contributed by atoms with van der Waals surface area (Å²) >= 11 is 0. The monoisotopic (exact) mass is 528 g/mol. The van der Waals surface area contributed by atoms with Gasteiger partial charge in [0.2, 0.25) is 0 Å². The van der Waals surface area contributed by atoms with Crippen molar-refractivity contribution in [2.45, 2.75) is 52.6 Å². The summed E-state index contributed by atoms with van der Waals surface area (Å²) in [5.41, 5.74) is 1.06. The molecule has 0 saturated carbocycles. The first-order chi connectivity index (χ1) is 18.9. The van der Waals surface area contributed by atoms with Crippen LogP contribution in [0.1, 0.15) is 51.2 Å². The zero-order valence-corrected chi connectivity index (χ0v) is 23.1. The third-order valence-corrected chi connectivity index (χ3v) is 6.39. The number of aryl methyl sites for hydroxylation is 4. The number of aliphatic imine (C=N–C) groups is 2. The summed E-state index contributed by atoms with van der Waals surface area (Å²) in [7, 11) is 3.69. The molecular formula is C30H36N6O3. The molecule has 4 rings (SSSR count). The quantitative estimate of drug-likeness (QED) is 0.160. The zero-order chi connectivity index (χ0) is 27.8. The minimum absolute atomic E-state index is 0.291. The van der Waals surface area contributed by atoms with E-state index in [0.29, 0.717) is 34.5 Å². The maximum Gasteiger partial charge on any atom is 0.292 e. The molecule has 204 valence electrons. The van der Waals surface area contributed by atoms with Crippen LogP contribution in [0, 0.1) is 0 Å². The summed E-state index contributed by atoms with van der Waals surface area (Å²) in [6.45, 7) is 5.80. The predicted molar refractivity (Wildman–Crippen MR) is 146 cm³/mol. The lowest BCUT2D eigenvalue weighted by Gasteiger charge is -2.11. The highest BCUT2D eigenvalue weighted by Crippen LogP contribution is 2.27. The molecule has 0 saturated heterocycles. The highest BCUT2D eigenvalue weighted by molar-refractivity contribution is 5.88. The van der Waals surface area contributed by atoms with Gasteiger partial charge in [-0.25, -0.2) is 18.3 Å². The molecule has 0 spiro atoms. The van der Waals surface area contributed by atoms with Crippen molar-refractivity contribution in [3.63, 3.8) is 0 Å². The average Bonchev–Trinajstić information content (AvgIpc) is 3.49. The van der Waals surface area contributed by atoms with Crippen molar-refractivity contribution < 1.29 is 24.1 Å². The van der Waals surface area contributed by atoms with Crippen LogP contribution in [-0.4, -0.2) is 20.9 Å². The van der Waals surface area contributed by atoms with Gasteiger partial charge in [-0.1, -0.05) is 32.8 Å². The Hall–Kier alpha value is -4.40. The van der Waals surface area contributed by atoms with E-state index in [9.17, 15) is 10.2 Å². The fourth-order valence-electron chi connectivity index (χ4n) is 4.29. The largest absolute Gasteiger partial charge is 0.853 e. The number of imidazole rings is 2. The fraction of sp³-hybridized carbons (Fsp3) is 0.333. The highest BCUT2D eigenvalue weighted by Gasteiger charge is 2.16. The van der Waals surface area contributed by atoms with Crippen LogP contribution >= 0.6 is 0 Å². The molecule has 0 aliphatic carbocycles. The molecule has 0 bridgehead atoms. The van der Waals surface area contributed by atoms with Gasteiger partial charge in [-0.15, -0.1) is 0 Å². The van der Waals surface area contributed by atoms with Crippen LogP contribution in [0.5, 0.6) is 11.5 Å². The molecule has 2 aromatic carbocycles. The minimum Gasteiger partial charge on any atom is -0.853 e. The second-order valence-electron chi connectivity index (χ2n) is 9.49. The molecule has 0 radical (unpaired) electrons. The third-order valence-electron chi connectivity index (χ3n) is 6.39. The third kappa shape index (κ3) is 6.93. The lowest BCUT2D eigenvalue weighted by Crippen LogP contribution is -2.40. The second kappa shape index (κ2) is 12.9. The van der Waals surface area contributed by atoms with E-state index < -0.39 is 0 Å². The first kappa shape index (κ1) is 27.6. The number of aromatic nitrogens is 4. The molecule has 0 amide bonds. The van der Waals surface area contributed by atoms with Crippen molar-refractivity contribution in [2.24, 2.45) is 24.1 Å². The average molecular weight is 529 g/mol. The molecule has 9 heteroatoms. The molecule has 0 fully saturated rings. The van der Waals surface area contributed by atoms with Crippen molar-refractivity contribution in [3.8, 4) is 11.5 Å². The van der Waals surface area contributed by atoms with Crippen LogP contribution in [0.3, 0.4) is 0 Å². The molecule has 9 nitrogen and oxygen atoms in total. The van der Waals surface area contributed by atoms with Gasteiger partial charge in [-0.05, 0) is 49.2 Å². The number of hydrogen-bond donors (Lipinski definition) is 0. The first-order valence-corrected chi connectivity index (χ1v) is 13.4. The number of unbranched alkanes of at least 4 members (excludes halogenated alkanes) is 2. The van der Waals surface area contributed by atoms with Crippen molar-refractivity contribution in [1.82, 2.24) is 9.13 Å². The molecule has 2 heterocycles. The summed E-state index contributed by atoms with van der Waals surface area (Å²) in [5, 5.41) is 25.8. The van der Waals surface area contributed by atoms with Crippen molar-refractivity contribution >= 4 is 23.2 Å². The molecular weight excluding hydrogens is 492 g/mol. The number of ether oxygens (including phenoxy) is 1. The summed E-state index contributed by atoms with van der Waals surface area (Å²) in [4.78, 5) is 8.61. The molecule has 39 heavy (non-hydrogen) atoms. The zero-order valence-electron chi connectivity index (χ0n) is 23.1. The normalized spacial score (nSPS) is 12.2. The Morgan fingerprint density at radius 1 is 0.744 bits per heavy atom. The molecule has 0 unspecified atom stereocenters. The molecule has 0 aliphatic heterocycles. The van der Waals surface area contributed by atoms with Crippen molar-refractivity contribution in [1.29, 1.82) is 0 Å². The van der Waals surface area contributed by atoms with Gasteiger partial charge in [0, 0.05) is 6.07 Å².